The van der Waals surface area contributed by atoms with E-state index in [4.69, 9.17) is 0 Å². The van der Waals surface area contributed by atoms with Crippen LogP contribution in [0.25, 0.3) is 0 Å². The minimum atomic E-state index is -4.10. The Labute approximate surface area is 114 Å². The summed E-state index contributed by atoms with van der Waals surface area (Å²) in [6.45, 7) is 14.2. The number of alkyl halides is 3. The number of halogens is 3. The summed E-state index contributed by atoms with van der Waals surface area (Å²) < 4.78 is 38.3. The average Bonchev–Trinajstić information content (AvgIpc) is 2.11. The van der Waals surface area contributed by atoms with Gasteiger partial charge >= 0.3 is 6.18 Å². The largest absolute Gasteiger partial charge is 0.390 e. The van der Waals surface area contributed by atoms with Crippen molar-refractivity contribution in [1.29, 1.82) is 0 Å². The first-order valence-corrected chi connectivity index (χ1v) is 6.89. The Hall–Kier alpha value is -0.290. The first-order chi connectivity index (χ1) is 8.31. The van der Waals surface area contributed by atoms with Gasteiger partial charge in [0.15, 0.2) is 0 Å². The molecule has 114 valence electrons. The fourth-order valence-corrected chi connectivity index (χ4v) is 2.79. The lowest BCUT2D eigenvalue weighted by atomic mass is 9.95. The topological polar surface area (TPSA) is 6.48 Å². The van der Waals surface area contributed by atoms with Crippen LogP contribution in [0.5, 0.6) is 0 Å². The fraction of sp³-hybridized carbons (Fsp3) is 1.00. The normalized spacial score (nSPS) is 24.8. The lowest BCUT2D eigenvalue weighted by molar-refractivity contribution is -0.160. The smallest absolute Gasteiger partial charge is 0.296 e. The van der Waals surface area contributed by atoms with Crippen molar-refractivity contribution in [1.82, 2.24) is 9.80 Å². The van der Waals surface area contributed by atoms with Gasteiger partial charge in [-0.3, -0.25) is 9.80 Å². The fourth-order valence-electron chi connectivity index (χ4n) is 2.79. The summed E-state index contributed by atoms with van der Waals surface area (Å²) in [6, 6.07) is -0.451. The maximum Gasteiger partial charge on any atom is 0.390 e. The van der Waals surface area contributed by atoms with Gasteiger partial charge in [-0.15, -0.1) is 0 Å². The highest BCUT2D eigenvalue weighted by Gasteiger charge is 2.42. The number of piperazine rings is 1. The predicted molar refractivity (Wildman–Crippen MR) is 72.2 cm³/mol. The van der Waals surface area contributed by atoms with E-state index in [9.17, 15) is 13.2 Å². The lowest BCUT2D eigenvalue weighted by Crippen LogP contribution is -2.63. The molecule has 1 atom stereocenters. The molecule has 0 unspecified atom stereocenters. The Bertz CT molecular complexity index is 299. The van der Waals surface area contributed by atoms with Crippen LogP contribution in [0.15, 0.2) is 0 Å². The van der Waals surface area contributed by atoms with E-state index in [0.29, 0.717) is 13.1 Å². The van der Waals surface area contributed by atoms with Gasteiger partial charge in [-0.2, -0.15) is 13.2 Å². The molecule has 1 aliphatic rings. The maximum absolute atomic E-state index is 12.8. The standard InChI is InChI=1S/C14H27F3N2/c1-12(2,3)18-7-8-19(13(4,5)6)11(10-18)9-14(15,16)17/h11H,7-10H2,1-6H3/t11-/m0/s1. The second kappa shape index (κ2) is 5.24. The molecule has 0 N–H and O–H groups in total. The van der Waals surface area contributed by atoms with Crippen molar-refractivity contribution in [2.45, 2.75) is 71.3 Å². The zero-order valence-electron chi connectivity index (χ0n) is 12.9. The SMILES string of the molecule is CC(C)(C)N1CCN(C(C)(C)C)[C@@H](CC(F)(F)F)C1. The summed E-state index contributed by atoms with van der Waals surface area (Å²) in [5.74, 6) is 0. The van der Waals surface area contributed by atoms with E-state index in [1.165, 1.54) is 0 Å². The Morgan fingerprint density at radius 3 is 1.79 bits per heavy atom. The summed E-state index contributed by atoms with van der Waals surface area (Å²) in [4.78, 5) is 4.16. The Morgan fingerprint density at radius 2 is 1.42 bits per heavy atom. The van der Waals surface area contributed by atoms with Crippen LogP contribution in [0, 0.1) is 0 Å². The van der Waals surface area contributed by atoms with Crippen molar-refractivity contribution in [3.63, 3.8) is 0 Å². The lowest BCUT2D eigenvalue weighted by Gasteiger charge is -2.51. The van der Waals surface area contributed by atoms with Gasteiger partial charge in [0.2, 0.25) is 0 Å². The van der Waals surface area contributed by atoms with Gasteiger partial charge in [-0.25, -0.2) is 0 Å². The summed E-state index contributed by atoms with van der Waals surface area (Å²) >= 11 is 0. The molecule has 0 saturated carbocycles. The summed E-state index contributed by atoms with van der Waals surface area (Å²) in [5, 5.41) is 0. The highest BCUT2D eigenvalue weighted by molar-refractivity contribution is 4.93. The van der Waals surface area contributed by atoms with Gasteiger partial charge in [0.1, 0.15) is 0 Å². The highest BCUT2D eigenvalue weighted by atomic mass is 19.4. The van der Waals surface area contributed by atoms with Crippen LogP contribution < -0.4 is 0 Å². The van der Waals surface area contributed by atoms with E-state index < -0.39 is 18.6 Å². The molecule has 0 spiro atoms. The van der Waals surface area contributed by atoms with Crippen molar-refractivity contribution in [2.24, 2.45) is 0 Å². The molecule has 0 radical (unpaired) electrons. The first-order valence-electron chi connectivity index (χ1n) is 6.89. The van der Waals surface area contributed by atoms with E-state index in [2.05, 4.69) is 25.7 Å². The zero-order valence-corrected chi connectivity index (χ0v) is 12.9. The number of nitrogens with zero attached hydrogens (tertiary/aromatic N) is 2. The van der Waals surface area contributed by atoms with E-state index in [1.807, 2.05) is 25.7 Å². The monoisotopic (exact) mass is 280 g/mol. The molecule has 1 rings (SSSR count). The van der Waals surface area contributed by atoms with Crippen molar-refractivity contribution in [3.05, 3.63) is 0 Å². The molecule has 0 aromatic heterocycles. The minimum absolute atomic E-state index is 0.0756. The molecule has 1 heterocycles. The van der Waals surface area contributed by atoms with Crippen LogP contribution in [0.1, 0.15) is 48.0 Å². The summed E-state index contributed by atoms with van der Waals surface area (Å²) in [7, 11) is 0. The Kier molecular flexibility index (Phi) is 4.63. The van der Waals surface area contributed by atoms with Crippen LogP contribution >= 0.6 is 0 Å². The predicted octanol–water partition coefficient (Wildman–Crippen LogP) is 3.52. The molecular formula is C14H27F3N2. The zero-order chi connectivity index (χ0) is 15.1. The maximum atomic E-state index is 12.8. The second-order valence-corrected chi connectivity index (χ2v) is 7.45. The van der Waals surface area contributed by atoms with E-state index >= 15 is 0 Å². The van der Waals surface area contributed by atoms with Gasteiger partial charge in [-0.1, -0.05) is 0 Å². The van der Waals surface area contributed by atoms with Crippen LogP contribution in [-0.4, -0.2) is 52.7 Å². The third kappa shape index (κ3) is 4.95. The third-order valence-corrected chi connectivity index (χ3v) is 3.76. The van der Waals surface area contributed by atoms with Crippen molar-refractivity contribution >= 4 is 0 Å². The van der Waals surface area contributed by atoms with Crippen LogP contribution in [0.2, 0.25) is 0 Å². The molecule has 0 aromatic carbocycles. The molecule has 0 amide bonds. The molecule has 1 fully saturated rings. The number of hydrogen-bond acceptors (Lipinski definition) is 2. The average molecular weight is 280 g/mol. The molecule has 19 heavy (non-hydrogen) atoms. The van der Waals surface area contributed by atoms with E-state index in [1.54, 1.807) is 0 Å². The quantitative estimate of drug-likeness (QED) is 0.725. The van der Waals surface area contributed by atoms with Crippen LogP contribution in [-0.2, 0) is 0 Å². The molecule has 1 saturated heterocycles. The molecular weight excluding hydrogens is 253 g/mol. The van der Waals surface area contributed by atoms with E-state index in [-0.39, 0.29) is 11.1 Å². The second-order valence-electron chi connectivity index (χ2n) is 7.45. The van der Waals surface area contributed by atoms with Crippen molar-refractivity contribution < 1.29 is 13.2 Å². The number of rotatable bonds is 1. The van der Waals surface area contributed by atoms with Crippen molar-refractivity contribution in [3.8, 4) is 0 Å². The summed E-state index contributed by atoms with van der Waals surface area (Å²) in [6.07, 6.45) is -4.83. The molecule has 0 aliphatic carbocycles. The molecule has 0 bridgehead atoms. The molecule has 5 heteroatoms. The Balaban J connectivity index is 2.87. The van der Waals surface area contributed by atoms with Gasteiger partial charge < -0.3 is 0 Å². The first kappa shape index (κ1) is 16.8. The molecule has 1 aliphatic heterocycles. The van der Waals surface area contributed by atoms with Gasteiger partial charge in [-0.05, 0) is 41.5 Å². The van der Waals surface area contributed by atoms with Gasteiger partial charge in [0, 0.05) is 36.8 Å². The highest BCUT2D eigenvalue weighted by Crippen LogP contribution is 2.32. The minimum Gasteiger partial charge on any atom is -0.296 e. The van der Waals surface area contributed by atoms with Gasteiger partial charge in [0.05, 0.1) is 6.42 Å². The third-order valence-electron chi connectivity index (χ3n) is 3.76. The van der Waals surface area contributed by atoms with E-state index in [0.717, 1.165) is 6.54 Å². The Morgan fingerprint density at radius 1 is 0.895 bits per heavy atom. The summed E-state index contributed by atoms with van der Waals surface area (Å²) in [5.41, 5.74) is -0.298. The van der Waals surface area contributed by atoms with Crippen LogP contribution in [0.3, 0.4) is 0 Å². The van der Waals surface area contributed by atoms with Crippen molar-refractivity contribution in [2.75, 3.05) is 19.6 Å². The molecule has 2 nitrogen and oxygen atoms in total. The molecule has 0 aromatic rings. The number of hydrogen-bond donors (Lipinski definition) is 0. The van der Waals surface area contributed by atoms with Crippen LogP contribution in [0.4, 0.5) is 13.2 Å². The van der Waals surface area contributed by atoms with Gasteiger partial charge in [0.25, 0.3) is 0 Å².